The van der Waals surface area contributed by atoms with Crippen LogP contribution in [0.1, 0.15) is 16.7 Å². The minimum Gasteiger partial charge on any atom is -0.379 e. The smallest absolute Gasteiger partial charge is 0.146 e. The van der Waals surface area contributed by atoms with Crippen LogP contribution >= 0.6 is 0 Å². The second kappa shape index (κ2) is 5.17. The van der Waals surface area contributed by atoms with E-state index in [9.17, 15) is 8.78 Å². The van der Waals surface area contributed by atoms with Crippen LogP contribution in [0.4, 0.5) is 14.5 Å². The zero-order valence-corrected chi connectivity index (χ0v) is 10.4. The molecular formula is C15H15F2N. The average Bonchev–Trinajstić information content (AvgIpc) is 2.30. The van der Waals surface area contributed by atoms with E-state index in [2.05, 4.69) is 5.32 Å². The Hall–Kier alpha value is -1.90. The minimum absolute atomic E-state index is 0.252. The van der Waals surface area contributed by atoms with Crippen molar-refractivity contribution in [1.82, 2.24) is 0 Å². The number of benzene rings is 2. The van der Waals surface area contributed by atoms with Gasteiger partial charge in [0.25, 0.3) is 0 Å². The predicted octanol–water partition coefficient (Wildman–Crippen LogP) is 4.19. The van der Waals surface area contributed by atoms with E-state index in [1.54, 1.807) is 12.1 Å². The van der Waals surface area contributed by atoms with Crippen molar-refractivity contribution >= 4 is 5.69 Å². The summed E-state index contributed by atoms with van der Waals surface area (Å²) in [5.74, 6) is -0.521. The van der Waals surface area contributed by atoms with Crippen molar-refractivity contribution in [3.05, 3.63) is 64.7 Å². The van der Waals surface area contributed by atoms with Gasteiger partial charge in [0.2, 0.25) is 0 Å². The van der Waals surface area contributed by atoms with E-state index in [1.165, 1.54) is 18.2 Å². The van der Waals surface area contributed by atoms with Crippen LogP contribution < -0.4 is 5.32 Å². The Morgan fingerprint density at radius 2 is 1.78 bits per heavy atom. The fourth-order valence-electron chi connectivity index (χ4n) is 1.81. The number of hydrogen-bond acceptors (Lipinski definition) is 1. The van der Waals surface area contributed by atoms with E-state index < -0.39 is 0 Å². The topological polar surface area (TPSA) is 12.0 Å². The number of anilines is 1. The SMILES string of the molecule is Cc1ccc(NCc2ccc(F)cc2C)c(F)c1. The second-order valence-electron chi connectivity index (χ2n) is 4.41. The molecule has 0 saturated heterocycles. The van der Waals surface area contributed by atoms with Crippen LogP contribution in [0.5, 0.6) is 0 Å². The summed E-state index contributed by atoms with van der Waals surface area (Å²) in [5, 5.41) is 3.02. The normalized spacial score (nSPS) is 10.4. The minimum atomic E-state index is -0.269. The van der Waals surface area contributed by atoms with Crippen molar-refractivity contribution < 1.29 is 8.78 Å². The van der Waals surface area contributed by atoms with Crippen LogP contribution in [-0.2, 0) is 6.54 Å². The molecule has 0 heterocycles. The molecule has 0 aliphatic carbocycles. The van der Waals surface area contributed by atoms with E-state index in [0.29, 0.717) is 12.2 Å². The van der Waals surface area contributed by atoms with Gasteiger partial charge in [0, 0.05) is 6.54 Å². The standard InChI is InChI=1S/C15H15F2N/c1-10-3-6-15(14(17)7-10)18-9-12-4-5-13(16)8-11(12)2/h3-8,18H,9H2,1-2H3. The maximum absolute atomic E-state index is 13.6. The Bertz CT molecular complexity index is 513. The van der Waals surface area contributed by atoms with E-state index in [-0.39, 0.29) is 11.6 Å². The van der Waals surface area contributed by atoms with Crippen molar-refractivity contribution in [2.75, 3.05) is 5.32 Å². The zero-order chi connectivity index (χ0) is 13.1. The first-order valence-corrected chi connectivity index (χ1v) is 5.81. The first-order chi connectivity index (χ1) is 8.56. The number of halogens is 2. The molecule has 2 rings (SSSR count). The van der Waals surface area contributed by atoms with Crippen LogP contribution in [0, 0.1) is 25.5 Å². The third kappa shape index (κ3) is 2.86. The lowest BCUT2D eigenvalue weighted by Crippen LogP contribution is -2.03. The van der Waals surface area contributed by atoms with E-state index in [4.69, 9.17) is 0 Å². The maximum atomic E-state index is 13.6. The third-order valence-electron chi connectivity index (χ3n) is 2.90. The molecule has 1 N–H and O–H groups in total. The van der Waals surface area contributed by atoms with Gasteiger partial charge in [0.15, 0.2) is 0 Å². The largest absolute Gasteiger partial charge is 0.379 e. The molecule has 3 heteroatoms. The lowest BCUT2D eigenvalue weighted by atomic mass is 10.1. The first kappa shape index (κ1) is 12.6. The maximum Gasteiger partial charge on any atom is 0.146 e. The molecule has 2 aromatic rings. The van der Waals surface area contributed by atoms with Gasteiger partial charge >= 0.3 is 0 Å². The van der Waals surface area contributed by atoms with Crippen molar-refractivity contribution in [1.29, 1.82) is 0 Å². The molecule has 0 unspecified atom stereocenters. The first-order valence-electron chi connectivity index (χ1n) is 5.81. The molecule has 0 saturated carbocycles. The summed E-state index contributed by atoms with van der Waals surface area (Å²) >= 11 is 0. The number of hydrogen-bond donors (Lipinski definition) is 1. The molecule has 0 bridgehead atoms. The molecule has 0 aliphatic heterocycles. The highest BCUT2D eigenvalue weighted by Gasteiger charge is 2.03. The van der Waals surface area contributed by atoms with Crippen LogP contribution in [-0.4, -0.2) is 0 Å². The average molecular weight is 247 g/mol. The van der Waals surface area contributed by atoms with Crippen LogP contribution in [0.15, 0.2) is 36.4 Å². The quantitative estimate of drug-likeness (QED) is 0.857. The summed E-state index contributed by atoms with van der Waals surface area (Å²) in [7, 11) is 0. The predicted molar refractivity (Wildman–Crippen MR) is 69.6 cm³/mol. The Morgan fingerprint density at radius 3 is 2.44 bits per heavy atom. The Labute approximate surface area is 105 Å². The summed E-state index contributed by atoms with van der Waals surface area (Å²) < 4.78 is 26.5. The fraction of sp³-hybridized carbons (Fsp3) is 0.200. The third-order valence-corrected chi connectivity index (χ3v) is 2.90. The molecule has 0 atom stereocenters. The Morgan fingerprint density at radius 1 is 1.00 bits per heavy atom. The summed E-state index contributed by atoms with van der Waals surface area (Å²) in [6, 6.07) is 9.65. The molecule has 0 radical (unpaired) electrons. The van der Waals surface area contributed by atoms with Gasteiger partial charge in [-0.05, 0) is 54.8 Å². The molecule has 0 fully saturated rings. The highest BCUT2D eigenvalue weighted by Crippen LogP contribution is 2.17. The lowest BCUT2D eigenvalue weighted by molar-refractivity contribution is 0.624. The lowest BCUT2D eigenvalue weighted by Gasteiger charge is -2.10. The number of aryl methyl sites for hydroxylation is 2. The van der Waals surface area contributed by atoms with Crippen LogP contribution in [0.2, 0.25) is 0 Å². The molecule has 0 amide bonds. The van der Waals surface area contributed by atoms with Gasteiger partial charge in [-0.15, -0.1) is 0 Å². The van der Waals surface area contributed by atoms with Crippen molar-refractivity contribution in [2.45, 2.75) is 20.4 Å². The monoisotopic (exact) mass is 247 g/mol. The van der Waals surface area contributed by atoms with E-state index in [0.717, 1.165) is 16.7 Å². The molecule has 0 aromatic heterocycles. The van der Waals surface area contributed by atoms with Gasteiger partial charge in [-0.1, -0.05) is 12.1 Å². The Kier molecular flexibility index (Phi) is 3.60. The number of nitrogens with one attached hydrogen (secondary N) is 1. The molecule has 0 spiro atoms. The van der Waals surface area contributed by atoms with Gasteiger partial charge in [-0.3, -0.25) is 0 Å². The zero-order valence-electron chi connectivity index (χ0n) is 10.4. The van der Waals surface area contributed by atoms with Gasteiger partial charge in [0.05, 0.1) is 5.69 Å². The molecule has 18 heavy (non-hydrogen) atoms. The highest BCUT2D eigenvalue weighted by molar-refractivity contribution is 5.47. The van der Waals surface area contributed by atoms with E-state index in [1.807, 2.05) is 19.9 Å². The molecule has 94 valence electrons. The van der Waals surface area contributed by atoms with Gasteiger partial charge in [0.1, 0.15) is 11.6 Å². The molecular weight excluding hydrogens is 232 g/mol. The van der Waals surface area contributed by atoms with Crippen LogP contribution in [0.25, 0.3) is 0 Å². The van der Waals surface area contributed by atoms with E-state index >= 15 is 0 Å². The summed E-state index contributed by atoms with van der Waals surface area (Å²) in [6.45, 7) is 4.16. The van der Waals surface area contributed by atoms with Crippen LogP contribution in [0.3, 0.4) is 0 Å². The fourth-order valence-corrected chi connectivity index (χ4v) is 1.81. The van der Waals surface area contributed by atoms with Gasteiger partial charge in [-0.2, -0.15) is 0 Å². The molecule has 2 aromatic carbocycles. The highest BCUT2D eigenvalue weighted by atomic mass is 19.1. The second-order valence-corrected chi connectivity index (χ2v) is 4.41. The molecule has 0 aliphatic rings. The van der Waals surface area contributed by atoms with Crippen molar-refractivity contribution in [2.24, 2.45) is 0 Å². The van der Waals surface area contributed by atoms with Crippen molar-refractivity contribution in [3.8, 4) is 0 Å². The Balaban J connectivity index is 2.11. The summed E-state index contributed by atoms with van der Waals surface area (Å²) in [5.41, 5.74) is 3.16. The molecule has 1 nitrogen and oxygen atoms in total. The van der Waals surface area contributed by atoms with Gasteiger partial charge in [-0.25, -0.2) is 8.78 Å². The van der Waals surface area contributed by atoms with Crippen molar-refractivity contribution in [3.63, 3.8) is 0 Å². The van der Waals surface area contributed by atoms with Gasteiger partial charge < -0.3 is 5.32 Å². The summed E-state index contributed by atoms with van der Waals surface area (Å²) in [4.78, 5) is 0. The summed E-state index contributed by atoms with van der Waals surface area (Å²) in [6.07, 6.45) is 0. The number of rotatable bonds is 3.